The molecule has 0 fully saturated rings. The molecule has 6 nitrogen and oxygen atoms in total. The fourth-order valence-corrected chi connectivity index (χ4v) is 2.79. The van der Waals surface area contributed by atoms with E-state index in [4.69, 9.17) is 4.74 Å². The zero-order valence-electron chi connectivity index (χ0n) is 16.6. The van der Waals surface area contributed by atoms with Crippen LogP contribution in [0.1, 0.15) is 32.6 Å². The number of hydrogen-bond acceptors (Lipinski definition) is 4. The molecule has 7 heteroatoms. The molecule has 158 valence electrons. The van der Waals surface area contributed by atoms with E-state index in [0.29, 0.717) is 11.1 Å². The molecule has 0 saturated carbocycles. The van der Waals surface area contributed by atoms with Crippen LogP contribution in [0.4, 0.5) is 4.39 Å². The molecule has 3 aromatic carbocycles. The third kappa shape index (κ3) is 6.24. The highest BCUT2D eigenvalue weighted by molar-refractivity contribution is 6.03. The van der Waals surface area contributed by atoms with Crippen LogP contribution >= 0.6 is 0 Å². The van der Waals surface area contributed by atoms with Crippen molar-refractivity contribution < 1.29 is 23.5 Å². The Kier molecular flexibility index (Phi) is 7.48. The van der Waals surface area contributed by atoms with Crippen molar-refractivity contribution in [3.05, 3.63) is 102 Å². The Morgan fingerprint density at radius 3 is 2.16 bits per heavy atom. The minimum absolute atomic E-state index is 0.150. The maximum absolute atomic E-state index is 14.2. The highest BCUT2D eigenvalue weighted by atomic mass is 19.1. The summed E-state index contributed by atoms with van der Waals surface area (Å²) < 4.78 is 19.6. The van der Waals surface area contributed by atoms with Gasteiger partial charge in [0.25, 0.3) is 11.8 Å². The number of amides is 2. The third-order valence-electron chi connectivity index (χ3n) is 4.38. The number of carbonyl (C=O) groups is 3. The third-order valence-corrected chi connectivity index (χ3v) is 4.38. The van der Waals surface area contributed by atoms with Crippen LogP contribution in [-0.4, -0.2) is 30.7 Å². The molecule has 3 aromatic rings. The fraction of sp³-hybridized carbons (Fsp3) is 0.125. The van der Waals surface area contributed by atoms with Gasteiger partial charge in [-0.1, -0.05) is 72.8 Å². The van der Waals surface area contributed by atoms with Gasteiger partial charge in [-0.3, -0.25) is 14.4 Å². The topological polar surface area (TPSA) is 84.5 Å². The van der Waals surface area contributed by atoms with Gasteiger partial charge < -0.3 is 15.4 Å². The van der Waals surface area contributed by atoms with Crippen molar-refractivity contribution in [3.8, 4) is 5.75 Å². The van der Waals surface area contributed by atoms with Crippen molar-refractivity contribution in [1.82, 2.24) is 10.6 Å². The second-order valence-corrected chi connectivity index (χ2v) is 6.60. The molecule has 2 amide bonds. The standard InChI is InChI=1S/C24H21FN2O4/c25-23(18-11-5-2-6-12-18)27-22(29)16-31-21-14-8-7-13-19(21)24(30)26-15-20(28)17-9-3-1-4-10-17/h1-14,23H,15-16H2,(H,26,30)(H,27,29). The van der Waals surface area contributed by atoms with Crippen LogP contribution < -0.4 is 15.4 Å². The normalized spacial score (nSPS) is 11.3. The fourth-order valence-electron chi connectivity index (χ4n) is 2.79. The summed E-state index contributed by atoms with van der Waals surface area (Å²) in [6.07, 6.45) is -1.67. The van der Waals surface area contributed by atoms with Crippen molar-refractivity contribution in [2.75, 3.05) is 13.2 Å². The van der Waals surface area contributed by atoms with E-state index in [0.717, 1.165) is 0 Å². The number of carbonyl (C=O) groups excluding carboxylic acids is 3. The Balaban J connectivity index is 1.55. The van der Waals surface area contributed by atoms with E-state index in [-0.39, 0.29) is 23.6 Å². The first kappa shape index (κ1) is 21.7. The van der Waals surface area contributed by atoms with E-state index in [2.05, 4.69) is 10.6 Å². The summed E-state index contributed by atoms with van der Waals surface area (Å²) in [6, 6.07) is 23.1. The SMILES string of the molecule is O=C(COc1ccccc1C(=O)NCC(=O)c1ccccc1)NC(F)c1ccccc1. The maximum Gasteiger partial charge on any atom is 0.260 e. The predicted octanol–water partition coefficient (Wildman–Crippen LogP) is 3.46. The number of halogens is 1. The lowest BCUT2D eigenvalue weighted by atomic mass is 10.1. The van der Waals surface area contributed by atoms with E-state index in [1.165, 1.54) is 12.1 Å². The molecule has 0 aromatic heterocycles. The van der Waals surface area contributed by atoms with Crippen LogP contribution in [0, 0.1) is 0 Å². The number of ether oxygens (including phenoxy) is 1. The first-order chi connectivity index (χ1) is 15.0. The minimum atomic E-state index is -1.67. The zero-order chi connectivity index (χ0) is 22.1. The van der Waals surface area contributed by atoms with Gasteiger partial charge in [-0.15, -0.1) is 0 Å². The molecule has 1 unspecified atom stereocenters. The molecule has 0 aliphatic carbocycles. The molecule has 31 heavy (non-hydrogen) atoms. The number of nitrogens with one attached hydrogen (secondary N) is 2. The molecule has 0 spiro atoms. The number of benzene rings is 3. The van der Waals surface area contributed by atoms with E-state index in [1.807, 2.05) is 0 Å². The van der Waals surface area contributed by atoms with E-state index < -0.39 is 24.7 Å². The molecular weight excluding hydrogens is 399 g/mol. The minimum Gasteiger partial charge on any atom is -0.483 e. The summed E-state index contributed by atoms with van der Waals surface area (Å²) in [7, 11) is 0. The van der Waals surface area contributed by atoms with Crippen LogP contribution in [0.5, 0.6) is 5.75 Å². The predicted molar refractivity (Wildman–Crippen MR) is 113 cm³/mol. The molecular formula is C24H21FN2O4. The van der Waals surface area contributed by atoms with E-state index >= 15 is 0 Å². The smallest absolute Gasteiger partial charge is 0.260 e. The van der Waals surface area contributed by atoms with Gasteiger partial charge in [-0.05, 0) is 12.1 Å². The van der Waals surface area contributed by atoms with Crippen molar-refractivity contribution >= 4 is 17.6 Å². The Labute approximate surface area is 179 Å². The first-order valence-electron chi connectivity index (χ1n) is 9.61. The largest absolute Gasteiger partial charge is 0.483 e. The Bertz CT molecular complexity index is 1040. The molecule has 0 bridgehead atoms. The summed E-state index contributed by atoms with van der Waals surface area (Å²) in [5.74, 6) is -1.28. The molecule has 0 heterocycles. The zero-order valence-corrected chi connectivity index (χ0v) is 16.6. The van der Waals surface area contributed by atoms with Gasteiger partial charge in [-0.25, -0.2) is 4.39 Å². The Morgan fingerprint density at radius 2 is 1.45 bits per heavy atom. The second kappa shape index (κ2) is 10.7. The Hall–Kier alpha value is -4.00. The monoisotopic (exact) mass is 420 g/mol. The molecule has 0 saturated heterocycles. The molecule has 3 rings (SSSR count). The number of para-hydroxylation sites is 1. The molecule has 0 aliphatic rings. The number of Topliss-reactive ketones (excluding diaryl/α,β-unsaturated/α-hetero) is 1. The van der Waals surface area contributed by atoms with Gasteiger partial charge in [0.2, 0.25) is 0 Å². The van der Waals surface area contributed by atoms with E-state index in [1.54, 1.807) is 72.8 Å². The average Bonchev–Trinajstić information content (AvgIpc) is 2.82. The number of rotatable bonds is 9. The summed E-state index contributed by atoms with van der Waals surface area (Å²) in [5.41, 5.74) is 0.970. The number of alkyl halides is 1. The van der Waals surface area contributed by atoms with Crippen molar-refractivity contribution in [2.45, 2.75) is 6.30 Å². The van der Waals surface area contributed by atoms with Crippen LogP contribution in [0.25, 0.3) is 0 Å². The van der Waals surface area contributed by atoms with Crippen molar-refractivity contribution in [2.24, 2.45) is 0 Å². The van der Waals surface area contributed by atoms with Gasteiger partial charge in [0.15, 0.2) is 18.7 Å². The van der Waals surface area contributed by atoms with Crippen LogP contribution in [0.3, 0.4) is 0 Å². The summed E-state index contributed by atoms with van der Waals surface area (Å²) in [5, 5.41) is 4.75. The summed E-state index contributed by atoms with van der Waals surface area (Å²) >= 11 is 0. The average molecular weight is 420 g/mol. The maximum atomic E-state index is 14.2. The first-order valence-corrected chi connectivity index (χ1v) is 9.61. The van der Waals surface area contributed by atoms with Gasteiger partial charge >= 0.3 is 0 Å². The molecule has 1 atom stereocenters. The quantitative estimate of drug-likeness (QED) is 0.410. The molecule has 0 radical (unpaired) electrons. The van der Waals surface area contributed by atoms with Crippen LogP contribution in [0.15, 0.2) is 84.9 Å². The summed E-state index contributed by atoms with van der Waals surface area (Å²) in [6.45, 7) is -0.654. The highest BCUT2D eigenvalue weighted by Gasteiger charge is 2.17. The van der Waals surface area contributed by atoms with Gasteiger partial charge in [-0.2, -0.15) is 0 Å². The molecule has 2 N–H and O–H groups in total. The van der Waals surface area contributed by atoms with Crippen LogP contribution in [-0.2, 0) is 4.79 Å². The number of hydrogen-bond donors (Lipinski definition) is 2. The number of ketones is 1. The van der Waals surface area contributed by atoms with Gasteiger partial charge in [0.05, 0.1) is 12.1 Å². The Morgan fingerprint density at radius 1 is 0.839 bits per heavy atom. The molecule has 0 aliphatic heterocycles. The lowest BCUT2D eigenvalue weighted by Gasteiger charge is -2.13. The summed E-state index contributed by atoms with van der Waals surface area (Å²) in [4.78, 5) is 36.7. The highest BCUT2D eigenvalue weighted by Crippen LogP contribution is 2.18. The van der Waals surface area contributed by atoms with Crippen molar-refractivity contribution in [1.29, 1.82) is 0 Å². The van der Waals surface area contributed by atoms with Gasteiger partial charge in [0.1, 0.15) is 5.75 Å². The lowest BCUT2D eigenvalue weighted by molar-refractivity contribution is -0.125. The lowest BCUT2D eigenvalue weighted by Crippen LogP contribution is -2.32. The van der Waals surface area contributed by atoms with E-state index in [9.17, 15) is 18.8 Å². The van der Waals surface area contributed by atoms with Crippen molar-refractivity contribution in [3.63, 3.8) is 0 Å². The second-order valence-electron chi connectivity index (χ2n) is 6.60. The van der Waals surface area contributed by atoms with Crippen LogP contribution in [0.2, 0.25) is 0 Å². The van der Waals surface area contributed by atoms with Gasteiger partial charge in [0, 0.05) is 11.1 Å².